The molecule has 0 aliphatic carbocycles. The van der Waals surface area contributed by atoms with E-state index < -0.39 is 0 Å². The predicted octanol–water partition coefficient (Wildman–Crippen LogP) is 6.22. The highest BCUT2D eigenvalue weighted by Crippen LogP contribution is 2.40. The van der Waals surface area contributed by atoms with E-state index in [9.17, 15) is 0 Å². The van der Waals surface area contributed by atoms with E-state index in [0.717, 1.165) is 43.1 Å². The molecule has 0 N–H and O–H groups in total. The molecule has 0 amide bonds. The highest BCUT2D eigenvalue weighted by molar-refractivity contribution is 7.18. The maximum Gasteiger partial charge on any atom is 0.150 e. The maximum absolute atomic E-state index is 4.85. The second-order valence-corrected chi connectivity index (χ2v) is 8.06. The third kappa shape index (κ3) is 3.48. The molecule has 1 aromatic carbocycles. The SMILES string of the molecule is CCCN(CCC)c1nc(C)nc2c(-c3c(C)cc(C)cc3C)csc12. The number of aromatic nitrogens is 2. The number of aryl methyl sites for hydroxylation is 4. The summed E-state index contributed by atoms with van der Waals surface area (Å²) in [5.74, 6) is 1.96. The molecule has 3 nitrogen and oxygen atoms in total. The third-order valence-electron chi connectivity index (χ3n) is 4.74. The number of hydrogen-bond donors (Lipinski definition) is 0. The molecule has 0 radical (unpaired) electrons. The molecule has 4 heteroatoms. The number of fused-ring (bicyclic) bond motifs is 1. The topological polar surface area (TPSA) is 29.0 Å². The van der Waals surface area contributed by atoms with E-state index >= 15 is 0 Å². The summed E-state index contributed by atoms with van der Waals surface area (Å²) in [7, 11) is 0. The molecule has 2 aromatic heterocycles. The third-order valence-corrected chi connectivity index (χ3v) is 5.71. The number of rotatable bonds is 6. The Labute approximate surface area is 161 Å². The van der Waals surface area contributed by atoms with Gasteiger partial charge in [-0.1, -0.05) is 31.5 Å². The fourth-order valence-corrected chi connectivity index (χ4v) is 4.88. The van der Waals surface area contributed by atoms with Crippen LogP contribution in [0.25, 0.3) is 21.3 Å². The van der Waals surface area contributed by atoms with E-state index in [1.807, 2.05) is 6.92 Å². The van der Waals surface area contributed by atoms with Crippen molar-refractivity contribution in [3.8, 4) is 11.1 Å². The van der Waals surface area contributed by atoms with Gasteiger partial charge in [0.2, 0.25) is 0 Å². The van der Waals surface area contributed by atoms with Gasteiger partial charge in [0.1, 0.15) is 11.6 Å². The molecule has 2 heterocycles. The summed E-state index contributed by atoms with van der Waals surface area (Å²) >= 11 is 1.78. The molecule has 0 spiro atoms. The number of anilines is 1. The lowest BCUT2D eigenvalue weighted by atomic mass is 9.95. The molecular formula is C22H29N3S. The smallest absolute Gasteiger partial charge is 0.150 e. The Kier molecular flexibility index (Phi) is 5.61. The molecule has 0 saturated heterocycles. The number of hydrogen-bond acceptors (Lipinski definition) is 4. The van der Waals surface area contributed by atoms with Crippen molar-refractivity contribution in [1.82, 2.24) is 9.97 Å². The zero-order chi connectivity index (χ0) is 18.8. The quantitative estimate of drug-likeness (QED) is 0.518. The first-order valence-corrected chi connectivity index (χ1v) is 10.4. The van der Waals surface area contributed by atoms with Crippen molar-refractivity contribution in [3.63, 3.8) is 0 Å². The molecular weight excluding hydrogens is 338 g/mol. The van der Waals surface area contributed by atoms with Gasteiger partial charge in [-0.25, -0.2) is 9.97 Å². The molecule has 138 valence electrons. The molecule has 0 bridgehead atoms. The van der Waals surface area contributed by atoms with Crippen molar-refractivity contribution in [3.05, 3.63) is 40.0 Å². The van der Waals surface area contributed by atoms with E-state index in [0.29, 0.717) is 0 Å². The van der Waals surface area contributed by atoms with Crippen molar-refractivity contribution >= 4 is 27.4 Å². The largest absolute Gasteiger partial charge is 0.355 e. The van der Waals surface area contributed by atoms with Crippen LogP contribution in [0.2, 0.25) is 0 Å². The lowest BCUT2D eigenvalue weighted by molar-refractivity contribution is 0.735. The van der Waals surface area contributed by atoms with Crippen molar-refractivity contribution < 1.29 is 0 Å². The number of nitrogens with zero attached hydrogens (tertiary/aromatic N) is 3. The molecule has 0 saturated carbocycles. The fraction of sp³-hybridized carbons (Fsp3) is 0.455. The second kappa shape index (κ2) is 7.75. The molecule has 0 unspecified atom stereocenters. The van der Waals surface area contributed by atoms with Gasteiger partial charge in [0.05, 0.1) is 10.2 Å². The average Bonchev–Trinajstić information content (AvgIpc) is 2.96. The summed E-state index contributed by atoms with van der Waals surface area (Å²) in [6, 6.07) is 4.53. The molecule has 3 rings (SSSR count). The van der Waals surface area contributed by atoms with Crippen LogP contribution in [0, 0.1) is 27.7 Å². The molecule has 0 aliphatic heterocycles. The van der Waals surface area contributed by atoms with Crippen LogP contribution in [-0.4, -0.2) is 23.1 Å². The second-order valence-electron chi connectivity index (χ2n) is 7.18. The minimum absolute atomic E-state index is 0.853. The maximum atomic E-state index is 4.85. The van der Waals surface area contributed by atoms with E-state index in [1.54, 1.807) is 11.3 Å². The Bertz CT molecular complexity index is 898. The Hall–Kier alpha value is -1.94. The van der Waals surface area contributed by atoms with Gasteiger partial charge in [-0.2, -0.15) is 0 Å². The van der Waals surface area contributed by atoms with Gasteiger partial charge in [-0.3, -0.25) is 0 Å². The fourth-order valence-electron chi connectivity index (χ4n) is 3.87. The predicted molar refractivity (Wildman–Crippen MR) is 115 cm³/mol. The highest BCUT2D eigenvalue weighted by Gasteiger charge is 2.19. The van der Waals surface area contributed by atoms with E-state index in [2.05, 4.69) is 57.0 Å². The van der Waals surface area contributed by atoms with Crippen LogP contribution < -0.4 is 4.90 Å². The van der Waals surface area contributed by atoms with Crippen LogP contribution in [0.1, 0.15) is 49.2 Å². The van der Waals surface area contributed by atoms with E-state index in [-0.39, 0.29) is 0 Å². The van der Waals surface area contributed by atoms with Crippen molar-refractivity contribution in [2.75, 3.05) is 18.0 Å². The van der Waals surface area contributed by atoms with Gasteiger partial charge >= 0.3 is 0 Å². The van der Waals surface area contributed by atoms with Crippen molar-refractivity contribution in [2.45, 2.75) is 54.4 Å². The van der Waals surface area contributed by atoms with Crippen LogP contribution in [0.4, 0.5) is 5.82 Å². The average molecular weight is 368 g/mol. The minimum atomic E-state index is 0.853. The van der Waals surface area contributed by atoms with E-state index in [1.165, 1.54) is 32.5 Å². The van der Waals surface area contributed by atoms with Crippen molar-refractivity contribution in [2.24, 2.45) is 0 Å². The summed E-state index contributed by atoms with van der Waals surface area (Å²) in [6.07, 6.45) is 2.25. The Balaban J connectivity index is 2.23. The van der Waals surface area contributed by atoms with E-state index in [4.69, 9.17) is 9.97 Å². The van der Waals surface area contributed by atoms with Gasteiger partial charge in [0.15, 0.2) is 0 Å². The molecule has 3 aromatic rings. The van der Waals surface area contributed by atoms with Crippen LogP contribution in [0.3, 0.4) is 0 Å². The lowest BCUT2D eigenvalue weighted by Crippen LogP contribution is -2.26. The number of benzene rings is 1. The lowest BCUT2D eigenvalue weighted by Gasteiger charge is -2.23. The van der Waals surface area contributed by atoms with Crippen LogP contribution in [0.15, 0.2) is 17.5 Å². The standard InChI is InChI=1S/C22H29N3S/c1-7-9-25(10-8-2)22-21-20(23-17(6)24-22)18(13-26-21)19-15(4)11-14(3)12-16(19)5/h11-13H,7-10H2,1-6H3. The van der Waals surface area contributed by atoms with Crippen LogP contribution >= 0.6 is 11.3 Å². The Morgan fingerprint density at radius 3 is 2.12 bits per heavy atom. The van der Waals surface area contributed by atoms with Gasteiger partial charge in [-0.15, -0.1) is 11.3 Å². The Morgan fingerprint density at radius 2 is 1.54 bits per heavy atom. The molecule has 0 fully saturated rings. The van der Waals surface area contributed by atoms with Crippen LogP contribution in [0.5, 0.6) is 0 Å². The summed E-state index contributed by atoms with van der Waals surface area (Å²) in [5.41, 5.74) is 7.62. The minimum Gasteiger partial charge on any atom is -0.355 e. The first-order chi connectivity index (χ1) is 12.5. The first-order valence-electron chi connectivity index (χ1n) is 9.55. The summed E-state index contributed by atoms with van der Waals surface area (Å²) < 4.78 is 1.21. The highest BCUT2D eigenvalue weighted by atomic mass is 32.1. The molecule has 0 atom stereocenters. The van der Waals surface area contributed by atoms with Gasteiger partial charge in [0.25, 0.3) is 0 Å². The van der Waals surface area contributed by atoms with Crippen molar-refractivity contribution in [1.29, 1.82) is 0 Å². The van der Waals surface area contributed by atoms with Crippen LogP contribution in [-0.2, 0) is 0 Å². The van der Waals surface area contributed by atoms with Gasteiger partial charge < -0.3 is 4.90 Å². The normalized spacial score (nSPS) is 11.3. The molecule has 0 aliphatic rings. The Morgan fingerprint density at radius 1 is 0.923 bits per heavy atom. The zero-order valence-electron chi connectivity index (χ0n) is 16.8. The van der Waals surface area contributed by atoms with Gasteiger partial charge in [0, 0.05) is 24.0 Å². The summed E-state index contributed by atoms with van der Waals surface area (Å²) in [4.78, 5) is 12.1. The first kappa shape index (κ1) is 18.8. The summed E-state index contributed by atoms with van der Waals surface area (Å²) in [6.45, 7) is 15.1. The summed E-state index contributed by atoms with van der Waals surface area (Å²) in [5, 5.41) is 2.27. The zero-order valence-corrected chi connectivity index (χ0v) is 17.6. The number of thiophene rings is 1. The monoisotopic (exact) mass is 367 g/mol. The molecule has 26 heavy (non-hydrogen) atoms. The van der Waals surface area contributed by atoms with Gasteiger partial charge in [-0.05, 0) is 57.2 Å².